The molecule has 0 saturated heterocycles. The molecule has 0 heterocycles. The molecule has 1 unspecified atom stereocenters. The first-order valence-corrected chi connectivity index (χ1v) is 7.99. The molecular weight excluding hydrogens is 250 g/mol. The molecule has 0 aliphatic rings. The monoisotopic (exact) mass is 275 g/mol. The number of allylic oxidation sites excluding steroid dienone is 2. The smallest absolute Gasteiger partial charge is 0.0757 e. The van der Waals surface area contributed by atoms with Gasteiger partial charge in [-0.25, -0.2) is 0 Å². The highest BCUT2D eigenvalue weighted by Gasteiger charge is 2.11. The summed E-state index contributed by atoms with van der Waals surface area (Å²) in [5.41, 5.74) is 6.24. The Labute approximate surface area is 122 Å². The lowest BCUT2D eigenvalue weighted by Gasteiger charge is -2.20. The van der Waals surface area contributed by atoms with Crippen LogP contribution in [0.2, 0.25) is 0 Å². The fourth-order valence-electron chi connectivity index (χ4n) is 2.09. The molecule has 2 heteroatoms. The summed E-state index contributed by atoms with van der Waals surface area (Å²) in [4.78, 5) is 0. The second-order valence-electron chi connectivity index (χ2n) is 4.90. The van der Waals surface area contributed by atoms with Crippen molar-refractivity contribution in [3.63, 3.8) is 0 Å². The minimum atomic E-state index is 0.381. The number of thioether (sulfide) groups is 1. The Morgan fingerprint density at radius 2 is 2.05 bits per heavy atom. The quantitative estimate of drug-likeness (QED) is 0.719. The summed E-state index contributed by atoms with van der Waals surface area (Å²) in [6.07, 6.45) is 4.12. The Kier molecular flexibility index (Phi) is 6.23. The molecule has 0 saturated carbocycles. The van der Waals surface area contributed by atoms with Crippen molar-refractivity contribution in [2.75, 3.05) is 6.26 Å². The molecule has 19 heavy (non-hydrogen) atoms. The van der Waals surface area contributed by atoms with Crippen molar-refractivity contribution in [3.8, 4) is 0 Å². The lowest BCUT2D eigenvalue weighted by molar-refractivity contribution is 0.713. The Balaban J connectivity index is 2.88. The third-order valence-corrected chi connectivity index (χ3v) is 4.24. The summed E-state index contributed by atoms with van der Waals surface area (Å²) in [6.45, 7) is 14.5. The molecule has 0 bridgehead atoms. The van der Waals surface area contributed by atoms with Gasteiger partial charge in [-0.1, -0.05) is 43.9 Å². The molecule has 1 nitrogen and oxygen atoms in total. The Bertz CT molecular complexity index is 462. The third-order valence-electron chi connectivity index (χ3n) is 3.39. The first-order chi connectivity index (χ1) is 8.99. The van der Waals surface area contributed by atoms with E-state index in [1.807, 2.05) is 11.8 Å². The Morgan fingerprint density at radius 1 is 1.37 bits per heavy atom. The molecular formula is C17H25NS. The van der Waals surface area contributed by atoms with Gasteiger partial charge < -0.3 is 5.32 Å². The minimum absolute atomic E-state index is 0.381. The third kappa shape index (κ3) is 4.46. The van der Waals surface area contributed by atoms with Gasteiger partial charge in [-0.2, -0.15) is 0 Å². The Hall–Kier alpha value is -1.15. The van der Waals surface area contributed by atoms with Crippen LogP contribution in [0.4, 0.5) is 0 Å². The van der Waals surface area contributed by atoms with E-state index in [4.69, 9.17) is 0 Å². The molecule has 1 N–H and O–H groups in total. The summed E-state index contributed by atoms with van der Waals surface area (Å²) in [5, 5.41) is 3.87. The molecule has 0 aliphatic carbocycles. The zero-order valence-corrected chi connectivity index (χ0v) is 13.4. The van der Waals surface area contributed by atoms with Crippen molar-refractivity contribution in [2.24, 2.45) is 0 Å². The van der Waals surface area contributed by atoms with Crippen molar-refractivity contribution in [1.29, 1.82) is 0 Å². The van der Waals surface area contributed by atoms with Crippen molar-refractivity contribution in [2.45, 2.75) is 39.0 Å². The van der Waals surface area contributed by atoms with Crippen LogP contribution in [0.15, 0.2) is 37.1 Å². The standard InChI is InChI=1S/C17H25NS/c1-7-13(4)18-17(19-6)11-15-9-8-10-16(12(2)3)14(15)5/h8-10,17-18H,2,4,7,11H2,1,3,5-6H3. The highest BCUT2D eigenvalue weighted by Crippen LogP contribution is 2.23. The maximum absolute atomic E-state index is 4.05. The predicted molar refractivity (Wildman–Crippen MR) is 89.5 cm³/mol. The predicted octanol–water partition coefficient (Wildman–Crippen LogP) is 4.77. The molecule has 1 aromatic rings. The maximum Gasteiger partial charge on any atom is 0.0757 e. The molecule has 0 spiro atoms. The number of hydrogen-bond donors (Lipinski definition) is 1. The average Bonchev–Trinajstić information content (AvgIpc) is 2.39. The van der Waals surface area contributed by atoms with Crippen LogP contribution >= 0.6 is 11.8 Å². The number of benzene rings is 1. The molecule has 104 valence electrons. The molecule has 0 radical (unpaired) electrons. The number of nitrogens with one attached hydrogen (secondary N) is 1. The lowest BCUT2D eigenvalue weighted by atomic mass is 9.96. The van der Waals surface area contributed by atoms with Crippen LogP contribution < -0.4 is 5.32 Å². The van der Waals surface area contributed by atoms with Gasteiger partial charge in [-0.15, -0.1) is 11.8 Å². The zero-order chi connectivity index (χ0) is 14.4. The van der Waals surface area contributed by atoms with Gasteiger partial charge in [0, 0.05) is 12.1 Å². The first-order valence-electron chi connectivity index (χ1n) is 6.71. The second kappa shape index (κ2) is 7.44. The SMILES string of the molecule is C=C(CC)NC(Cc1cccc(C(=C)C)c1C)SC. The molecule has 1 atom stereocenters. The van der Waals surface area contributed by atoms with Gasteiger partial charge in [-0.05, 0) is 43.2 Å². The highest BCUT2D eigenvalue weighted by atomic mass is 32.2. The average molecular weight is 275 g/mol. The van der Waals surface area contributed by atoms with Gasteiger partial charge in [0.25, 0.3) is 0 Å². The van der Waals surface area contributed by atoms with Gasteiger partial charge in [0.1, 0.15) is 0 Å². The Morgan fingerprint density at radius 3 is 2.58 bits per heavy atom. The van der Waals surface area contributed by atoms with Gasteiger partial charge in [0.2, 0.25) is 0 Å². The van der Waals surface area contributed by atoms with Gasteiger partial charge in [-0.3, -0.25) is 0 Å². The second-order valence-corrected chi connectivity index (χ2v) is 5.94. The molecule has 0 aliphatic heterocycles. The van der Waals surface area contributed by atoms with E-state index in [1.54, 1.807) is 0 Å². The fourth-order valence-corrected chi connectivity index (χ4v) is 2.72. The van der Waals surface area contributed by atoms with Crippen LogP contribution in [-0.4, -0.2) is 11.6 Å². The van der Waals surface area contributed by atoms with E-state index in [2.05, 4.69) is 63.7 Å². The minimum Gasteiger partial charge on any atom is -0.377 e. The lowest BCUT2D eigenvalue weighted by Crippen LogP contribution is -2.27. The van der Waals surface area contributed by atoms with Crippen molar-refractivity contribution in [1.82, 2.24) is 5.32 Å². The maximum atomic E-state index is 4.05. The van der Waals surface area contributed by atoms with E-state index >= 15 is 0 Å². The summed E-state index contributed by atoms with van der Waals surface area (Å²) in [6, 6.07) is 6.48. The van der Waals surface area contributed by atoms with Crippen LogP contribution in [-0.2, 0) is 6.42 Å². The molecule has 0 aromatic heterocycles. The number of hydrogen-bond acceptors (Lipinski definition) is 2. The van der Waals surface area contributed by atoms with Gasteiger partial charge >= 0.3 is 0 Å². The van der Waals surface area contributed by atoms with E-state index < -0.39 is 0 Å². The van der Waals surface area contributed by atoms with E-state index in [0.29, 0.717) is 5.37 Å². The first kappa shape index (κ1) is 15.9. The van der Waals surface area contributed by atoms with Crippen LogP contribution in [0.25, 0.3) is 5.57 Å². The highest BCUT2D eigenvalue weighted by molar-refractivity contribution is 7.99. The molecule has 0 amide bonds. The van der Waals surface area contributed by atoms with Crippen LogP contribution in [0.5, 0.6) is 0 Å². The molecule has 0 fully saturated rings. The van der Waals surface area contributed by atoms with E-state index in [1.165, 1.54) is 16.7 Å². The van der Waals surface area contributed by atoms with Crippen LogP contribution in [0.1, 0.15) is 37.0 Å². The number of rotatable bonds is 7. The molecule has 1 aromatic carbocycles. The van der Waals surface area contributed by atoms with E-state index in [9.17, 15) is 0 Å². The molecule has 1 rings (SSSR count). The largest absolute Gasteiger partial charge is 0.377 e. The van der Waals surface area contributed by atoms with E-state index in [-0.39, 0.29) is 0 Å². The van der Waals surface area contributed by atoms with Crippen molar-refractivity contribution in [3.05, 3.63) is 53.7 Å². The van der Waals surface area contributed by atoms with Crippen molar-refractivity contribution < 1.29 is 0 Å². The van der Waals surface area contributed by atoms with E-state index in [0.717, 1.165) is 24.1 Å². The van der Waals surface area contributed by atoms with Crippen LogP contribution in [0.3, 0.4) is 0 Å². The fraction of sp³-hybridized carbons (Fsp3) is 0.412. The summed E-state index contributed by atoms with van der Waals surface area (Å²) >= 11 is 1.84. The zero-order valence-electron chi connectivity index (χ0n) is 12.5. The van der Waals surface area contributed by atoms with Crippen LogP contribution in [0, 0.1) is 6.92 Å². The summed E-state index contributed by atoms with van der Waals surface area (Å²) in [5.74, 6) is 0. The van der Waals surface area contributed by atoms with Crippen molar-refractivity contribution >= 4 is 17.3 Å². The van der Waals surface area contributed by atoms with Gasteiger partial charge in [0.15, 0.2) is 0 Å². The topological polar surface area (TPSA) is 12.0 Å². The van der Waals surface area contributed by atoms with Gasteiger partial charge in [0.05, 0.1) is 5.37 Å². The summed E-state index contributed by atoms with van der Waals surface area (Å²) in [7, 11) is 0. The normalized spacial score (nSPS) is 12.0. The summed E-state index contributed by atoms with van der Waals surface area (Å²) < 4.78 is 0.